The summed E-state index contributed by atoms with van der Waals surface area (Å²) in [6, 6.07) is 6.01. The van der Waals surface area contributed by atoms with Crippen LogP contribution in [0.25, 0.3) is 0 Å². The molecule has 0 fully saturated rings. The zero-order valence-corrected chi connectivity index (χ0v) is 10.00. The lowest BCUT2D eigenvalue weighted by atomic mass is 10.1. The number of aromatic hydroxyl groups is 1. The molecule has 18 heavy (non-hydrogen) atoms. The Labute approximate surface area is 104 Å². The fraction of sp³-hybridized carbons (Fsp3) is 0.333. The van der Waals surface area contributed by atoms with Gasteiger partial charge in [0.05, 0.1) is 12.2 Å². The van der Waals surface area contributed by atoms with Crippen molar-refractivity contribution in [3.8, 4) is 5.75 Å². The Balaban J connectivity index is 2.87. The summed E-state index contributed by atoms with van der Waals surface area (Å²) in [6.07, 6.45) is 0. The molecule has 0 heterocycles. The van der Waals surface area contributed by atoms with E-state index in [1.54, 1.807) is 12.1 Å². The van der Waals surface area contributed by atoms with Crippen molar-refractivity contribution in [1.29, 1.82) is 0 Å². The SMILES string of the molecule is COCCN(CC(=O)O)C(=O)c1ccccc1O. The Morgan fingerprint density at radius 2 is 2.00 bits per heavy atom. The van der Waals surface area contributed by atoms with Crippen LogP contribution in [0.3, 0.4) is 0 Å². The van der Waals surface area contributed by atoms with Crippen LogP contribution in [0.4, 0.5) is 0 Å². The first-order chi connectivity index (χ1) is 8.56. The molecule has 0 saturated heterocycles. The molecule has 0 spiro atoms. The Bertz CT molecular complexity index is 432. The quantitative estimate of drug-likeness (QED) is 0.773. The number of phenolic OH excluding ortho intramolecular Hbond substituents is 1. The van der Waals surface area contributed by atoms with Gasteiger partial charge >= 0.3 is 5.97 Å². The van der Waals surface area contributed by atoms with Gasteiger partial charge in [0.25, 0.3) is 5.91 Å². The number of carboxylic acid groups (broad SMARTS) is 1. The molecule has 0 aliphatic heterocycles. The second-order valence-electron chi connectivity index (χ2n) is 3.63. The number of aliphatic carboxylic acids is 1. The minimum atomic E-state index is -1.12. The summed E-state index contributed by atoms with van der Waals surface area (Å²) in [4.78, 5) is 23.9. The van der Waals surface area contributed by atoms with Crippen LogP contribution in [0, 0.1) is 0 Å². The number of methoxy groups -OCH3 is 1. The number of carbonyl (C=O) groups excluding carboxylic acids is 1. The summed E-state index contributed by atoms with van der Waals surface area (Å²) in [5.41, 5.74) is 0.0786. The van der Waals surface area contributed by atoms with Crippen molar-refractivity contribution in [2.75, 3.05) is 26.8 Å². The highest BCUT2D eigenvalue weighted by Crippen LogP contribution is 2.17. The van der Waals surface area contributed by atoms with Crippen LogP contribution >= 0.6 is 0 Å². The van der Waals surface area contributed by atoms with Gasteiger partial charge in [0.2, 0.25) is 0 Å². The van der Waals surface area contributed by atoms with Gasteiger partial charge in [0.1, 0.15) is 12.3 Å². The molecule has 1 rings (SSSR count). The highest BCUT2D eigenvalue weighted by atomic mass is 16.5. The van der Waals surface area contributed by atoms with Crippen molar-refractivity contribution in [1.82, 2.24) is 4.90 Å². The fourth-order valence-electron chi connectivity index (χ4n) is 1.44. The van der Waals surface area contributed by atoms with Gasteiger partial charge in [0, 0.05) is 13.7 Å². The number of carboxylic acids is 1. The van der Waals surface area contributed by atoms with E-state index in [0.29, 0.717) is 0 Å². The molecule has 0 aliphatic rings. The smallest absolute Gasteiger partial charge is 0.323 e. The van der Waals surface area contributed by atoms with E-state index in [2.05, 4.69) is 0 Å². The van der Waals surface area contributed by atoms with E-state index < -0.39 is 18.4 Å². The number of amides is 1. The third kappa shape index (κ3) is 3.74. The molecule has 6 nitrogen and oxygen atoms in total. The minimum Gasteiger partial charge on any atom is -0.507 e. The second-order valence-corrected chi connectivity index (χ2v) is 3.63. The number of hydrogen-bond donors (Lipinski definition) is 2. The van der Waals surface area contributed by atoms with Crippen LogP contribution in [0.2, 0.25) is 0 Å². The van der Waals surface area contributed by atoms with Gasteiger partial charge in [0.15, 0.2) is 0 Å². The van der Waals surface area contributed by atoms with Crippen LogP contribution < -0.4 is 0 Å². The average Bonchev–Trinajstić information content (AvgIpc) is 2.34. The van der Waals surface area contributed by atoms with Gasteiger partial charge in [-0.15, -0.1) is 0 Å². The molecule has 0 atom stereocenters. The number of nitrogens with zero attached hydrogens (tertiary/aromatic N) is 1. The molecule has 6 heteroatoms. The van der Waals surface area contributed by atoms with E-state index in [1.165, 1.54) is 19.2 Å². The molecule has 1 aromatic rings. The molecule has 0 radical (unpaired) electrons. The lowest BCUT2D eigenvalue weighted by Gasteiger charge is -2.20. The van der Waals surface area contributed by atoms with E-state index in [-0.39, 0.29) is 24.5 Å². The first kappa shape index (κ1) is 14.0. The molecule has 1 amide bonds. The summed E-state index contributed by atoms with van der Waals surface area (Å²) >= 11 is 0. The van der Waals surface area contributed by atoms with Gasteiger partial charge in [-0.2, -0.15) is 0 Å². The highest BCUT2D eigenvalue weighted by Gasteiger charge is 2.20. The predicted octanol–water partition coefficient (Wildman–Crippen LogP) is 0.565. The number of carbonyl (C=O) groups is 2. The monoisotopic (exact) mass is 253 g/mol. The summed E-state index contributed by atoms with van der Waals surface area (Å²) in [7, 11) is 1.46. The van der Waals surface area contributed by atoms with E-state index in [9.17, 15) is 14.7 Å². The van der Waals surface area contributed by atoms with Crippen LogP contribution in [0.15, 0.2) is 24.3 Å². The maximum Gasteiger partial charge on any atom is 0.323 e. The van der Waals surface area contributed by atoms with Gasteiger partial charge in [-0.3, -0.25) is 9.59 Å². The number of benzene rings is 1. The molecular formula is C12H15NO5. The molecule has 0 unspecified atom stereocenters. The Kier molecular flexibility index (Phi) is 5.13. The Morgan fingerprint density at radius 1 is 1.33 bits per heavy atom. The standard InChI is InChI=1S/C12H15NO5/c1-18-7-6-13(8-11(15)16)12(17)9-4-2-3-5-10(9)14/h2-5,14H,6-8H2,1H3,(H,15,16). The molecule has 0 aliphatic carbocycles. The van der Waals surface area contributed by atoms with Crippen molar-refractivity contribution >= 4 is 11.9 Å². The van der Waals surface area contributed by atoms with Crippen molar-refractivity contribution in [3.05, 3.63) is 29.8 Å². The third-order valence-electron chi connectivity index (χ3n) is 2.31. The number of hydrogen-bond acceptors (Lipinski definition) is 4. The summed E-state index contributed by atoms with van der Waals surface area (Å²) < 4.78 is 4.82. The van der Waals surface area contributed by atoms with Gasteiger partial charge in [-0.1, -0.05) is 12.1 Å². The van der Waals surface area contributed by atoms with Crippen LogP contribution in [-0.2, 0) is 9.53 Å². The van der Waals surface area contributed by atoms with Crippen molar-refractivity contribution in [3.63, 3.8) is 0 Å². The number of rotatable bonds is 6. The maximum absolute atomic E-state index is 12.1. The zero-order valence-electron chi connectivity index (χ0n) is 10.00. The van der Waals surface area contributed by atoms with E-state index in [1.807, 2.05) is 0 Å². The lowest BCUT2D eigenvalue weighted by Crippen LogP contribution is -2.38. The Hall–Kier alpha value is -2.08. The molecule has 98 valence electrons. The van der Waals surface area contributed by atoms with Crippen LogP contribution in [0.1, 0.15) is 10.4 Å². The average molecular weight is 253 g/mol. The largest absolute Gasteiger partial charge is 0.507 e. The van der Waals surface area contributed by atoms with Crippen LogP contribution in [0.5, 0.6) is 5.75 Å². The van der Waals surface area contributed by atoms with Crippen molar-refractivity contribution < 1.29 is 24.5 Å². The molecular weight excluding hydrogens is 238 g/mol. The van der Waals surface area contributed by atoms with Crippen LogP contribution in [-0.4, -0.2) is 53.8 Å². The van der Waals surface area contributed by atoms with E-state index in [0.717, 1.165) is 4.90 Å². The molecule has 1 aromatic carbocycles. The van der Waals surface area contributed by atoms with Gasteiger partial charge in [-0.25, -0.2) is 0 Å². The van der Waals surface area contributed by atoms with Gasteiger partial charge < -0.3 is 19.8 Å². The zero-order chi connectivity index (χ0) is 13.5. The predicted molar refractivity (Wildman–Crippen MR) is 63.5 cm³/mol. The maximum atomic E-state index is 12.1. The van der Waals surface area contributed by atoms with E-state index >= 15 is 0 Å². The fourth-order valence-corrected chi connectivity index (χ4v) is 1.44. The van der Waals surface area contributed by atoms with Crippen molar-refractivity contribution in [2.45, 2.75) is 0 Å². The summed E-state index contributed by atoms with van der Waals surface area (Å²) in [6.45, 7) is -0.0564. The lowest BCUT2D eigenvalue weighted by molar-refractivity contribution is -0.137. The molecule has 0 aromatic heterocycles. The number of para-hydroxylation sites is 1. The first-order valence-electron chi connectivity index (χ1n) is 5.34. The molecule has 0 bridgehead atoms. The second kappa shape index (κ2) is 6.61. The molecule has 0 saturated carbocycles. The molecule has 2 N–H and O–H groups in total. The third-order valence-corrected chi connectivity index (χ3v) is 2.31. The van der Waals surface area contributed by atoms with E-state index in [4.69, 9.17) is 9.84 Å². The number of phenols is 1. The minimum absolute atomic E-state index is 0.0786. The van der Waals surface area contributed by atoms with Gasteiger partial charge in [-0.05, 0) is 12.1 Å². The van der Waals surface area contributed by atoms with Crippen molar-refractivity contribution in [2.24, 2.45) is 0 Å². The topological polar surface area (TPSA) is 87.1 Å². The normalized spacial score (nSPS) is 10.1. The Morgan fingerprint density at radius 3 is 2.56 bits per heavy atom. The number of ether oxygens (including phenoxy) is 1. The first-order valence-corrected chi connectivity index (χ1v) is 5.34. The summed E-state index contributed by atoms with van der Waals surface area (Å²) in [5, 5.41) is 18.3. The summed E-state index contributed by atoms with van der Waals surface area (Å²) in [5.74, 6) is -1.82. The highest BCUT2D eigenvalue weighted by molar-refractivity contribution is 5.98.